The molecule has 0 bridgehead atoms. The number of rotatable bonds is 6. The van der Waals surface area contributed by atoms with Crippen LogP contribution < -0.4 is 4.90 Å². The Morgan fingerprint density at radius 1 is 1.26 bits per heavy atom. The van der Waals surface area contributed by atoms with Crippen LogP contribution in [0.15, 0.2) is 24.3 Å². The lowest BCUT2D eigenvalue weighted by molar-refractivity contribution is -0.116. The van der Waals surface area contributed by atoms with E-state index in [1.165, 1.54) is 6.92 Å². The van der Waals surface area contributed by atoms with Gasteiger partial charge in [0, 0.05) is 24.5 Å². The van der Waals surface area contributed by atoms with E-state index in [0.29, 0.717) is 24.0 Å². The number of hydrogen-bond acceptors (Lipinski definition) is 3. The summed E-state index contributed by atoms with van der Waals surface area (Å²) in [5, 5.41) is 0.701. The van der Waals surface area contributed by atoms with E-state index in [0.717, 1.165) is 12.1 Å². The molecule has 0 radical (unpaired) electrons. The zero-order chi connectivity index (χ0) is 14.3. The van der Waals surface area contributed by atoms with E-state index in [1.807, 2.05) is 6.92 Å². The number of carbonyl (C=O) groups excluding carboxylic acids is 2. The summed E-state index contributed by atoms with van der Waals surface area (Å²) in [4.78, 5) is 24.8. The molecule has 0 unspecified atom stereocenters. The Morgan fingerprint density at radius 2 is 1.89 bits per heavy atom. The summed E-state index contributed by atoms with van der Waals surface area (Å²) in [6.45, 7) is 4.48. The van der Waals surface area contributed by atoms with Crippen LogP contribution in [-0.4, -0.2) is 30.4 Å². The quantitative estimate of drug-likeness (QED) is 0.596. The number of carbonyl (C=O) groups is 2. The Hall–Kier alpha value is -1.36. The Labute approximate surface area is 121 Å². The summed E-state index contributed by atoms with van der Waals surface area (Å²) in [6, 6.07) is 6.87. The fourth-order valence-electron chi connectivity index (χ4n) is 1.61. The molecule has 0 atom stereocenters. The third-order valence-corrected chi connectivity index (χ3v) is 2.89. The first-order valence-electron chi connectivity index (χ1n) is 6.21. The van der Waals surface area contributed by atoms with Crippen molar-refractivity contribution in [3.63, 3.8) is 0 Å². The highest BCUT2D eigenvalue weighted by molar-refractivity contribution is 9.09. The van der Waals surface area contributed by atoms with Crippen LogP contribution in [0, 0.1) is 0 Å². The van der Waals surface area contributed by atoms with E-state index >= 15 is 0 Å². The number of nitrogens with zero attached hydrogens (tertiary/aromatic N) is 1. The monoisotopic (exact) mass is 327 g/mol. The van der Waals surface area contributed by atoms with Gasteiger partial charge in [-0.05, 0) is 30.7 Å². The number of halogens is 1. The Kier molecular flexibility index (Phi) is 6.56. The molecule has 1 rings (SSSR count). The van der Waals surface area contributed by atoms with Crippen LogP contribution in [0.25, 0.3) is 0 Å². The molecule has 0 N–H and O–H groups in total. The van der Waals surface area contributed by atoms with E-state index in [2.05, 4.69) is 15.9 Å². The van der Waals surface area contributed by atoms with Gasteiger partial charge >= 0.3 is 5.97 Å². The minimum absolute atomic E-state index is 0.0271. The number of ether oxygens (including phenoxy) is 1. The summed E-state index contributed by atoms with van der Waals surface area (Å²) in [5.41, 5.74) is 1.28. The van der Waals surface area contributed by atoms with Crippen LogP contribution in [0.3, 0.4) is 0 Å². The molecule has 4 nitrogen and oxygen atoms in total. The third kappa shape index (κ3) is 4.67. The Balaban J connectivity index is 2.79. The van der Waals surface area contributed by atoms with Gasteiger partial charge in [-0.15, -0.1) is 0 Å². The highest BCUT2D eigenvalue weighted by Crippen LogP contribution is 2.16. The SMILES string of the molecule is CCCOC(=O)c1ccc(N(CCBr)C(C)=O)cc1. The first-order valence-corrected chi connectivity index (χ1v) is 7.33. The zero-order valence-electron chi connectivity index (χ0n) is 11.2. The van der Waals surface area contributed by atoms with E-state index < -0.39 is 0 Å². The molecule has 0 aromatic heterocycles. The van der Waals surface area contributed by atoms with Crippen molar-refractivity contribution in [1.29, 1.82) is 0 Å². The summed E-state index contributed by atoms with van der Waals surface area (Å²) >= 11 is 3.31. The molecule has 0 aliphatic heterocycles. The molecule has 0 saturated carbocycles. The molecule has 0 spiro atoms. The van der Waals surface area contributed by atoms with Gasteiger partial charge in [-0.1, -0.05) is 22.9 Å². The van der Waals surface area contributed by atoms with E-state index in [9.17, 15) is 9.59 Å². The Bertz CT molecular complexity index is 431. The van der Waals surface area contributed by atoms with Gasteiger partial charge in [-0.2, -0.15) is 0 Å². The van der Waals surface area contributed by atoms with Gasteiger partial charge in [0.2, 0.25) is 5.91 Å². The molecule has 19 heavy (non-hydrogen) atoms. The summed E-state index contributed by atoms with van der Waals surface area (Å²) in [5.74, 6) is -0.357. The molecule has 1 aromatic rings. The van der Waals surface area contributed by atoms with Crippen molar-refractivity contribution in [2.45, 2.75) is 20.3 Å². The normalized spacial score (nSPS) is 10.1. The van der Waals surface area contributed by atoms with Crippen molar-refractivity contribution in [3.8, 4) is 0 Å². The number of anilines is 1. The fourth-order valence-corrected chi connectivity index (χ4v) is 1.96. The number of esters is 1. The average molecular weight is 328 g/mol. The highest BCUT2D eigenvalue weighted by Gasteiger charge is 2.12. The lowest BCUT2D eigenvalue weighted by Crippen LogP contribution is -2.30. The van der Waals surface area contributed by atoms with Crippen LogP contribution in [0.4, 0.5) is 5.69 Å². The van der Waals surface area contributed by atoms with Gasteiger partial charge in [-0.3, -0.25) is 4.79 Å². The smallest absolute Gasteiger partial charge is 0.338 e. The predicted molar refractivity (Wildman–Crippen MR) is 78.8 cm³/mol. The zero-order valence-corrected chi connectivity index (χ0v) is 12.8. The molecule has 104 valence electrons. The van der Waals surface area contributed by atoms with Gasteiger partial charge in [0.15, 0.2) is 0 Å². The number of benzene rings is 1. The first-order chi connectivity index (χ1) is 9.10. The Morgan fingerprint density at radius 3 is 2.37 bits per heavy atom. The number of alkyl halides is 1. The lowest BCUT2D eigenvalue weighted by atomic mass is 10.2. The van der Waals surface area contributed by atoms with Crippen molar-refractivity contribution in [2.75, 3.05) is 23.4 Å². The van der Waals surface area contributed by atoms with Gasteiger partial charge in [-0.25, -0.2) is 4.79 Å². The minimum Gasteiger partial charge on any atom is -0.462 e. The number of amides is 1. The topological polar surface area (TPSA) is 46.6 Å². The maximum absolute atomic E-state index is 11.6. The van der Waals surface area contributed by atoms with E-state index in [1.54, 1.807) is 29.2 Å². The average Bonchev–Trinajstić information content (AvgIpc) is 2.42. The van der Waals surface area contributed by atoms with Crippen molar-refractivity contribution >= 4 is 33.5 Å². The van der Waals surface area contributed by atoms with Crippen LogP contribution in [0.5, 0.6) is 0 Å². The summed E-state index contributed by atoms with van der Waals surface area (Å²) in [7, 11) is 0. The highest BCUT2D eigenvalue weighted by atomic mass is 79.9. The molecular weight excluding hydrogens is 310 g/mol. The summed E-state index contributed by atoms with van der Waals surface area (Å²) in [6.07, 6.45) is 0.799. The standard InChI is InChI=1S/C14H18BrNO3/c1-3-10-19-14(18)12-4-6-13(7-5-12)16(9-8-15)11(2)17/h4-7H,3,8-10H2,1-2H3. The molecule has 5 heteroatoms. The minimum atomic E-state index is -0.330. The van der Waals surface area contributed by atoms with Gasteiger partial charge in [0.05, 0.1) is 12.2 Å². The molecule has 0 aliphatic carbocycles. The maximum atomic E-state index is 11.6. The van der Waals surface area contributed by atoms with Crippen LogP contribution >= 0.6 is 15.9 Å². The second-order valence-electron chi connectivity index (χ2n) is 4.04. The molecule has 1 aromatic carbocycles. The lowest BCUT2D eigenvalue weighted by Gasteiger charge is -2.20. The van der Waals surface area contributed by atoms with Crippen LogP contribution in [0.2, 0.25) is 0 Å². The van der Waals surface area contributed by atoms with E-state index in [-0.39, 0.29) is 11.9 Å². The van der Waals surface area contributed by atoms with Crippen molar-refractivity contribution in [3.05, 3.63) is 29.8 Å². The van der Waals surface area contributed by atoms with Crippen molar-refractivity contribution in [1.82, 2.24) is 0 Å². The van der Waals surface area contributed by atoms with Crippen LogP contribution in [-0.2, 0) is 9.53 Å². The molecule has 0 heterocycles. The molecule has 0 saturated heterocycles. The second kappa shape index (κ2) is 7.94. The molecule has 0 fully saturated rings. The first kappa shape index (κ1) is 15.7. The predicted octanol–water partition coefficient (Wildman–Crippen LogP) is 3.00. The summed E-state index contributed by atoms with van der Waals surface area (Å²) < 4.78 is 5.05. The third-order valence-electron chi connectivity index (χ3n) is 2.54. The van der Waals surface area contributed by atoms with Crippen LogP contribution in [0.1, 0.15) is 30.6 Å². The van der Waals surface area contributed by atoms with Crippen molar-refractivity contribution in [2.24, 2.45) is 0 Å². The molecule has 1 amide bonds. The second-order valence-corrected chi connectivity index (χ2v) is 4.84. The molecule has 0 aliphatic rings. The van der Waals surface area contributed by atoms with E-state index in [4.69, 9.17) is 4.74 Å². The van der Waals surface area contributed by atoms with Crippen molar-refractivity contribution < 1.29 is 14.3 Å². The van der Waals surface area contributed by atoms with Gasteiger partial charge < -0.3 is 9.64 Å². The fraction of sp³-hybridized carbons (Fsp3) is 0.429. The number of hydrogen-bond donors (Lipinski definition) is 0. The van der Waals surface area contributed by atoms with Gasteiger partial charge in [0.1, 0.15) is 0 Å². The van der Waals surface area contributed by atoms with Gasteiger partial charge in [0.25, 0.3) is 0 Å². The molecular formula is C14H18BrNO3. The maximum Gasteiger partial charge on any atom is 0.338 e. The largest absolute Gasteiger partial charge is 0.462 e.